The van der Waals surface area contributed by atoms with Gasteiger partial charge in [-0.05, 0) is 18.1 Å². The number of rotatable bonds is 6. The summed E-state index contributed by atoms with van der Waals surface area (Å²) in [6.45, 7) is 3.87. The number of nitrogens with zero attached hydrogens (tertiary/aromatic N) is 2. The predicted octanol–water partition coefficient (Wildman–Crippen LogP) is 1.88. The topological polar surface area (TPSA) is 75.1 Å². The molecule has 0 saturated carbocycles. The van der Waals surface area contributed by atoms with Crippen molar-refractivity contribution in [3.63, 3.8) is 0 Å². The monoisotopic (exact) mass is 305 g/mol. The Morgan fingerprint density at radius 1 is 1.43 bits per heavy atom. The zero-order valence-electron chi connectivity index (χ0n) is 12.1. The minimum atomic E-state index is -0.216. The molecule has 2 N–H and O–H groups in total. The molecule has 0 saturated heterocycles. The summed E-state index contributed by atoms with van der Waals surface area (Å²) in [5.74, 6) is 0.0686. The Morgan fingerprint density at radius 2 is 2.24 bits per heavy atom. The lowest BCUT2D eigenvalue weighted by molar-refractivity contribution is -0.121. The highest BCUT2D eigenvalue weighted by molar-refractivity contribution is 7.13. The minimum absolute atomic E-state index is 0.0559. The number of pyridine rings is 1. The lowest BCUT2D eigenvalue weighted by Crippen LogP contribution is -2.41. The van der Waals surface area contributed by atoms with Gasteiger partial charge in [0.05, 0.1) is 30.5 Å². The molecular weight excluding hydrogens is 286 g/mol. The second-order valence-electron chi connectivity index (χ2n) is 5.14. The van der Waals surface area contributed by atoms with Crippen LogP contribution in [0.25, 0.3) is 10.7 Å². The van der Waals surface area contributed by atoms with Crippen LogP contribution < -0.4 is 5.32 Å². The molecule has 0 aromatic carbocycles. The van der Waals surface area contributed by atoms with E-state index in [0.29, 0.717) is 0 Å². The molecule has 2 aromatic rings. The van der Waals surface area contributed by atoms with Gasteiger partial charge in [-0.25, -0.2) is 4.98 Å². The molecule has 21 heavy (non-hydrogen) atoms. The largest absolute Gasteiger partial charge is 0.394 e. The average Bonchev–Trinajstić information content (AvgIpc) is 2.93. The van der Waals surface area contributed by atoms with Crippen molar-refractivity contribution in [2.45, 2.75) is 26.3 Å². The number of amides is 1. The smallest absolute Gasteiger partial charge is 0.226 e. The van der Waals surface area contributed by atoms with E-state index in [0.717, 1.165) is 16.4 Å². The van der Waals surface area contributed by atoms with Gasteiger partial charge in [0.15, 0.2) is 0 Å². The predicted molar refractivity (Wildman–Crippen MR) is 82.9 cm³/mol. The van der Waals surface area contributed by atoms with E-state index < -0.39 is 0 Å². The summed E-state index contributed by atoms with van der Waals surface area (Å²) in [6.07, 6.45) is 1.93. The van der Waals surface area contributed by atoms with Crippen LogP contribution in [0.2, 0.25) is 0 Å². The summed E-state index contributed by atoms with van der Waals surface area (Å²) in [4.78, 5) is 20.6. The van der Waals surface area contributed by atoms with Crippen molar-refractivity contribution < 1.29 is 9.90 Å². The van der Waals surface area contributed by atoms with Crippen LogP contribution in [0.3, 0.4) is 0 Å². The second-order valence-corrected chi connectivity index (χ2v) is 5.99. The van der Waals surface area contributed by atoms with Gasteiger partial charge in [-0.2, -0.15) is 0 Å². The Kier molecular flexibility index (Phi) is 5.41. The Morgan fingerprint density at radius 3 is 2.86 bits per heavy atom. The summed E-state index contributed by atoms with van der Waals surface area (Å²) in [5.41, 5.74) is 1.53. The zero-order valence-corrected chi connectivity index (χ0v) is 12.9. The summed E-state index contributed by atoms with van der Waals surface area (Å²) in [7, 11) is 0. The van der Waals surface area contributed by atoms with E-state index in [1.54, 1.807) is 6.20 Å². The van der Waals surface area contributed by atoms with Crippen LogP contribution in [0.5, 0.6) is 0 Å². The number of carbonyl (C=O) groups excluding carboxylic acids is 1. The number of carbonyl (C=O) groups is 1. The van der Waals surface area contributed by atoms with Gasteiger partial charge in [-0.15, -0.1) is 11.3 Å². The standard InChI is InChI=1S/C15H19N3O2S/c1-10(2)13(8-19)18-14(20)7-11-9-21-15(17-11)12-5-3-4-6-16-12/h3-6,9-10,13,19H,7-8H2,1-2H3,(H,18,20)/t13-/m0/s1. The van der Waals surface area contributed by atoms with Crippen LogP contribution in [0, 0.1) is 5.92 Å². The molecule has 112 valence electrons. The number of thiazole rings is 1. The van der Waals surface area contributed by atoms with Crippen LogP contribution >= 0.6 is 11.3 Å². The van der Waals surface area contributed by atoms with E-state index in [2.05, 4.69) is 15.3 Å². The fourth-order valence-electron chi connectivity index (χ4n) is 1.84. The van der Waals surface area contributed by atoms with Gasteiger partial charge < -0.3 is 10.4 Å². The van der Waals surface area contributed by atoms with Crippen LogP contribution in [0.4, 0.5) is 0 Å². The number of aliphatic hydroxyl groups excluding tert-OH is 1. The lowest BCUT2D eigenvalue weighted by atomic mass is 10.1. The minimum Gasteiger partial charge on any atom is -0.394 e. The zero-order chi connectivity index (χ0) is 15.2. The molecule has 5 nitrogen and oxygen atoms in total. The number of aliphatic hydroxyl groups is 1. The number of hydrogen-bond acceptors (Lipinski definition) is 5. The molecule has 0 bridgehead atoms. The summed E-state index contributed by atoms with van der Waals surface area (Å²) >= 11 is 1.47. The van der Waals surface area contributed by atoms with Crippen molar-refractivity contribution in [2.75, 3.05) is 6.61 Å². The van der Waals surface area contributed by atoms with Crippen molar-refractivity contribution in [3.05, 3.63) is 35.5 Å². The summed E-state index contributed by atoms with van der Waals surface area (Å²) in [6, 6.07) is 5.44. The Bertz CT molecular complexity index is 584. The van der Waals surface area contributed by atoms with Crippen molar-refractivity contribution in [1.29, 1.82) is 0 Å². The SMILES string of the molecule is CC(C)[C@H](CO)NC(=O)Cc1csc(-c2ccccn2)n1. The molecule has 0 unspecified atom stereocenters. The van der Waals surface area contributed by atoms with E-state index in [4.69, 9.17) is 0 Å². The molecule has 0 aliphatic carbocycles. The number of nitrogens with one attached hydrogen (secondary N) is 1. The normalized spacial score (nSPS) is 12.4. The van der Waals surface area contributed by atoms with E-state index in [1.807, 2.05) is 37.4 Å². The molecular formula is C15H19N3O2S. The van der Waals surface area contributed by atoms with Crippen molar-refractivity contribution in [1.82, 2.24) is 15.3 Å². The maximum absolute atomic E-state index is 12.0. The van der Waals surface area contributed by atoms with Gasteiger partial charge in [0, 0.05) is 11.6 Å². The maximum Gasteiger partial charge on any atom is 0.226 e. The van der Waals surface area contributed by atoms with Crippen LogP contribution in [-0.4, -0.2) is 33.6 Å². The molecule has 0 aliphatic heterocycles. The quantitative estimate of drug-likeness (QED) is 0.854. The highest BCUT2D eigenvalue weighted by atomic mass is 32.1. The molecule has 1 amide bonds. The molecule has 0 spiro atoms. The summed E-state index contributed by atoms with van der Waals surface area (Å²) < 4.78 is 0. The van der Waals surface area contributed by atoms with Crippen molar-refractivity contribution >= 4 is 17.2 Å². The fourth-order valence-corrected chi connectivity index (χ4v) is 2.64. The lowest BCUT2D eigenvalue weighted by Gasteiger charge is -2.19. The second kappa shape index (κ2) is 7.28. The number of hydrogen-bond donors (Lipinski definition) is 2. The molecule has 0 fully saturated rings. The third-order valence-corrected chi connectivity index (χ3v) is 4.04. The maximum atomic E-state index is 12.0. The van der Waals surface area contributed by atoms with Crippen molar-refractivity contribution in [2.24, 2.45) is 5.92 Å². The molecule has 0 radical (unpaired) electrons. The van der Waals surface area contributed by atoms with E-state index in [-0.39, 0.29) is 30.9 Å². The molecule has 1 atom stereocenters. The van der Waals surface area contributed by atoms with Gasteiger partial charge in [0.2, 0.25) is 5.91 Å². The van der Waals surface area contributed by atoms with Gasteiger partial charge >= 0.3 is 0 Å². The highest BCUT2D eigenvalue weighted by Crippen LogP contribution is 2.21. The first-order valence-electron chi connectivity index (χ1n) is 6.86. The van der Waals surface area contributed by atoms with E-state index in [9.17, 15) is 9.90 Å². The van der Waals surface area contributed by atoms with Crippen LogP contribution in [-0.2, 0) is 11.2 Å². The first kappa shape index (κ1) is 15.6. The third kappa shape index (κ3) is 4.34. The molecule has 6 heteroatoms. The Labute approximate surface area is 128 Å². The first-order valence-corrected chi connectivity index (χ1v) is 7.74. The van der Waals surface area contributed by atoms with E-state index >= 15 is 0 Å². The van der Waals surface area contributed by atoms with Crippen LogP contribution in [0.1, 0.15) is 19.5 Å². The number of aromatic nitrogens is 2. The molecule has 0 aliphatic rings. The van der Waals surface area contributed by atoms with Gasteiger partial charge in [-0.1, -0.05) is 19.9 Å². The van der Waals surface area contributed by atoms with Gasteiger partial charge in [-0.3, -0.25) is 9.78 Å². The van der Waals surface area contributed by atoms with E-state index in [1.165, 1.54) is 11.3 Å². The Balaban J connectivity index is 1.98. The first-order chi connectivity index (χ1) is 10.1. The van der Waals surface area contributed by atoms with Crippen LogP contribution in [0.15, 0.2) is 29.8 Å². The van der Waals surface area contributed by atoms with Gasteiger partial charge in [0.25, 0.3) is 0 Å². The average molecular weight is 305 g/mol. The molecule has 2 aromatic heterocycles. The Hall–Kier alpha value is -1.79. The van der Waals surface area contributed by atoms with Crippen molar-refractivity contribution in [3.8, 4) is 10.7 Å². The highest BCUT2D eigenvalue weighted by Gasteiger charge is 2.16. The summed E-state index contributed by atoms with van der Waals surface area (Å²) in [5, 5.41) is 14.7. The van der Waals surface area contributed by atoms with Gasteiger partial charge in [0.1, 0.15) is 5.01 Å². The third-order valence-electron chi connectivity index (χ3n) is 3.13. The fraction of sp³-hybridized carbons (Fsp3) is 0.400. The molecule has 2 heterocycles. The molecule has 2 rings (SSSR count).